The van der Waals surface area contributed by atoms with Gasteiger partial charge in [-0.05, 0) is 51.5 Å². The lowest BCUT2D eigenvalue weighted by atomic mass is 9.89. The van der Waals surface area contributed by atoms with Gasteiger partial charge in [-0.3, -0.25) is 10.1 Å². The molecule has 2 N–H and O–H groups in total. The highest BCUT2D eigenvalue weighted by Crippen LogP contribution is 2.31. The highest BCUT2D eigenvalue weighted by atomic mass is 16.6. The molecule has 25 heavy (non-hydrogen) atoms. The number of carboxylic acids is 1. The molecule has 2 atom stereocenters. The second-order valence-electron chi connectivity index (χ2n) is 7.02. The zero-order chi connectivity index (χ0) is 18.7. The fourth-order valence-corrected chi connectivity index (χ4v) is 2.61. The molecule has 0 saturated carbocycles. The van der Waals surface area contributed by atoms with Gasteiger partial charge in [0.25, 0.3) is 5.72 Å². The van der Waals surface area contributed by atoms with E-state index in [9.17, 15) is 14.7 Å². The molecule has 1 heterocycles. The topological polar surface area (TPSA) is 109 Å². The van der Waals surface area contributed by atoms with E-state index in [1.165, 1.54) is 0 Å². The van der Waals surface area contributed by atoms with Crippen LogP contribution in [0.4, 0.5) is 0 Å². The van der Waals surface area contributed by atoms with Crippen molar-refractivity contribution in [3.8, 4) is 11.8 Å². The van der Waals surface area contributed by atoms with E-state index >= 15 is 0 Å². The molecule has 7 heteroatoms. The van der Waals surface area contributed by atoms with Crippen molar-refractivity contribution in [1.82, 2.24) is 5.32 Å². The number of nitriles is 1. The number of ether oxygens (including phenoxy) is 2. The number of carboxylic acid groups (broad SMARTS) is 1. The second-order valence-corrected chi connectivity index (χ2v) is 7.02. The highest BCUT2D eigenvalue weighted by molar-refractivity contribution is 5.82. The van der Waals surface area contributed by atoms with Gasteiger partial charge in [0.15, 0.2) is 0 Å². The van der Waals surface area contributed by atoms with E-state index in [0.29, 0.717) is 24.3 Å². The summed E-state index contributed by atoms with van der Waals surface area (Å²) in [7, 11) is 0. The third-order valence-electron chi connectivity index (χ3n) is 3.79. The number of hydrogen-bond donors (Lipinski definition) is 2. The molecule has 0 radical (unpaired) electrons. The number of carbonyl (C=O) groups excluding carboxylic acids is 1. The molecule has 0 bridgehead atoms. The molecule has 1 aliphatic rings. The Balaban J connectivity index is 2.32. The number of piperidine rings is 1. The van der Waals surface area contributed by atoms with E-state index in [4.69, 9.17) is 14.7 Å². The van der Waals surface area contributed by atoms with E-state index in [-0.39, 0.29) is 6.42 Å². The molecule has 1 aromatic rings. The van der Waals surface area contributed by atoms with Crippen LogP contribution in [0.5, 0.6) is 5.75 Å². The first-order valence-electron chi connectivity index (χ1n) is 8.06. The standard InChI is InChI=1S/C18H22N2O5/c1-17(2,3)25-16(23)18(10-13(15(21)22)8-9-20-18)24-14-6-4-12(11-19)5-7-14/h4-7,13,20H,8-10H2,1-3H3,(H,21,22). The lowest BCUT2D eigenvalue weighted by Gasteiger charge is -2.39. The fraction of sp³-hybridized carbons (Fsp3) is 0.500. The number of carbonyl (C=O) groups is 2. The van der Waals surface area contributed by atoms with Gasteiger partial charge >= 0.3 is 11.9 Å². The Labute approximate surface area is 146 Å². The van der Waals surface area contributed by atoms with E-state index in [0.717, 1.165) is 0 Å². The maximum atomic E-state index is 12.8. The average Bonchev–Trinajstić information content (AvgIpc) is 2.54. The van der Waals surface area contributed by atoms with E-state index in [2.05, 4.69) is 5.32 Å². The maximum absolute atomic E-state index is 12.8. The normalized spacial score (nSPS) is 23.4. The number of rotatable bonds is 4. The largest absolute Gasteiger partial charge is 0.481 e. The first kappa shape index (κ1) is 18.7. The van der Waals surface area contributed by atoms with Crippen LogP contribution in [0.3, 0.4) is 0 Å². The second kappa shape index (κ2) is 7.11. The monoisotopic (exact) mass is 346 g/mol. The fourth-order valence-electron chi connectivity index (χ4n) is 2.61. The van der Waals surface area contributed by atoms with Gasteiger partial charge in [-0.15, -0.1) is 0 Å². The third kappa shape index (κ3) is 4.70. The summed E-state index contributed by atoms with van der Waals surface area (Å²) in [6.07, 6.45) is 0.355. The van der Waals surface area contributed by atoms with E-state index in [1.54, 1.807) is 45.0 Å². The molecule has 0 aromatic heterocycles. The van der Waals surface area contributed by atoms with Crippen molar-refractivity contribution in [3.05, 3.63) is 29.8 Å². The minimum absolute atomic E-state index is 0.0444. The molecular formula is C18H22N2O5. The van der Waals surface area contributed by atoms with Crippen LogP contribution in [0.15, 0.2) is 24.3 Å². The molecule has 2 rings (SSSR count). The van der Waals surface area contributed by atoms with Crippen molar-refractivity contribution in [2.45, 2.75) is 44.9 Å². The van der Waals surface area contributed by atoms with E-state index in [1.807, 2.05) is 6.07 Å². The Morgan fingerprint density at radius 3 is 2.48 bits per heavy atom. The predicted octanol–water partition coefficient (Wildman–Crippen LogP) is 2.06. The zero-order valence-electron chi connectivity index (χ0n) is 14.5. The van der Waals surface area contributed by atoms with Crippen LogP contribution >= 0.6 is 0 Å². The van der Waals surface area contributed by atoms with Gasteiger partial charge in [0.1, 0.15) is 11.4 Å². The van der Waals surface area contributed by atoms with Gasteiger partial charge in [-0.2, -0.15) is 5.26 Å². The van der Waals surface area contributed by atoms with Crippen molar-refractivity contribution in [2.24, 2.45) is 5.92 Å². The van der Waals surface area contributed by atoms with Crippen LogP contribution in [0.1, 0.15) is 39.2 Å². The molecule has 2 unspecified atom stereocenters. The number of nitrogens with zero attached hydrogens (tertiary/aromatic N) is 1. The summed E-state index contributed by atoms with van der Waals surface area (Å²) in [5, 5.41) is 21.2. The number of aliphatic carboxylic acids is 1. The number of nitrogens with one attached hydrogen (secondary N) is 1. The summed E-state index contributed by atoms with van der Waals surface area (Å²) in [6, 6.07) is 8.27. The van der Waals surface area contributed by atoms with Gasteiger partial charge in [-0.1, -0.05) is 0 Å². The molecule has 1 saturated heterocycles. The SMILES string of the molecule is CC(C)(C)OC(=O)C1(Oc2ccc(C#N)cc2)CC(C(=O)O)CCN1. The number of hydrogen-bond acceptors (Lipinski definition) is 6. The molecule has 1 aliphatic heterocycles. The van der Waals surface area contributed by atoms with Crippen LogP contribution in [-0.2, 0) is 14.3 Å². The van der Waals surface area contributed by atoms with Crippen molar-refractivity contribution >= 4 is 11.9 Å². The zero-order valence-corrected chi connectivity index (χ0v) is 14.5. The highest BCUT2D eigenvalue weighted by Gasteiger charge is 2.49. The maximum Gasteiger partial charge on any atom is 0.366 e. The van der Waals surface area contributed by atoms with Crippen molar-refractivity contribution in [1.29, 1.82) is 5.26 Å². The van der Waals surface area contributed by atoms with Gasteiger partial charge in [-0.25, -0.2) is 4.79 Å². The molecule has 7 nitrogen and oxygen atoms in total. The quantitative estimate of drug-likeness (QED) is 0.803. The summed E-state index contributed by atoms with van der Waals surface area (Å²) in [5.41, 5.74) is -1.86. The average molecular weight is 346 g/mol. The number of esters is 1. The summed E-state index contributed by atoms with van der Waals surface area (Å²) in [6.45, 7) is 5.51. The molecule has 0 amide bonds. The van der Waals surface area contributed by atoms with Gasteiger partial charge in [0.05, 0.1) is 17.6 Å². The molecule has 134 valence electrons. The minimum Gasteiger partial charge on any atom is -0.481 e. The van der Waals surface area contributed by atoms with Crippen LogP contribution < -0.4 is 10.1 Å². The van der Waals surface area contributed by atoms with Crippen LogP contribution in [0.25, 0.3) is 0 Å². The molecule has 1 aromatic carbocycles. The Morgan fingerprint density at radius 1 is 1.32 bits per heavy atom. The Morgan fingerprint density at radius 2 is 1.96 bits per heavy atom. The molecular weight excluding hydrogens is 324 g/mol. The molecule has 0 spiro atoms. The van der Waals surface area contributed by atoms with Crippen LogP contribution in [0, 0.1) is 17.2 Å². The Bertz CT molecular complexity index is 687. The lowest BCUT2D eigenvalue weighted by molar-refractivity contribution is -0.182. The van der Waals surface area contributed by atoms with Crippen molar-refractivity contribution in [2.75, 3.05) is 6.54 Å². The summed E-state index contributed by atoms with van der Waals surface area (Å²) in [5.74, 6) is -2.00. The Kier molecular flexibility index (Phi) is 5.33. The van der Waals surface area contributed by atoms with Crippen LogP contribution in [-0.4, -0.2) is 34.9 Å². The van der Waals surface area contributed by atoms with Crippen LogP contribution in [0.2, 0.25) is 0 Å². The van der Waals surface area contributed by atoms with E-state index < -0.39 is 29.2 Å². The van der Waals surface area contributed by atoms with Gasteiger partial charge in [0, 0.05) is 13.0 Å². The minimum atomic E-state index is -1.58. The first-order chi connectivity index (χ1) is 11.6. The van der Waals surface area contributed by atoms with Gasteiger partial charge < -0.3 is 14.6 Å². The smallest absolute Gasteiger partial charge is 0.366 e. The first-order valence-corrected chi connectivity index (χ1v) is 8.06. The molecule has 0 aliphatic carbocycles. The number of benzene rings is 1. The third-order valence-corrected chi connectivity index (χ3v) is 3.79. The Hall–Kier alpha value is -2.59. The lowest BCUT2D eigenvalue weighted by Crippen LogP contribution is -2.63. The van der Waals surface area contributed by atoms with Crippen molar-refractivity contribution in [3.63, 3.8) is 0 Å². The summed E-state index contributed by atoms with van der Waals surface area (Å²) < 4.78 is 11.3. The summed E-state index contributed by atoms with van der Waals surface area (Å²) in [4.78, 5) is 24.2. The summed E-state index contributed by atoms with van der Waals surface area (Å²) >= 11 is 0. The molecule has 1 fully saturated rings. The van der Waals surface area contributed by atoms with Crippen molar-refractivity contribution < 1.29 is 24.2 Å². The van der Waals surface area contributed by atoms with Gasteiger partial charge in [0.2, 0.25) is 0 Å². The predicted molar refractivity (Wildman–Crippen MR) is 88.7 cm³/mol.